The molecule has 0 fully saturated rings. The van der Waals surface area contributed by atoms with E-state index >= 15 is 0 Å². The molecule has 4 nitrogen and oxygen atoms in total. The largest absolute Gasteiger partial charge is 0.462 e. The number of unbranched alkanes of at least 4 members (excludes halogenated alkanes) is 1. The Morgan fingerprint density at radius 2 is 1.68 bits per heavy atom. The molecule has 0 bridgehead atoms. The van der Waals surface area contributed by atoms with E-state index in [1.807, 2.05) is 18.2 Å². The molecule has 1 atom stereocenters. The van der Waals surface area contributed by atoms with Gasteiger partial charge in [-0.05, 0) is 85.4 Å². The third-order valence-electron chi connectivity index (χ3n) is 5.54. The van der Waals surface area contributed by atoms with E-state index in [1.54, 1.807) is 13.8 Å². The zero-order valence-corrected chi connectivity index (χ0v) is 18.6. The summed E-state index contributed by atoms with van der Waals surface area (Å²) < 4.78 is 10.6. The van der Waals surface area contributed by atoms with Crippen molar-refractivity contribution >= 4 is 11.9 Å². The summed E-state index contributed by atoms with van der Waals surface area (Å²) in [7, 11) is 0. The second-order valence-corrected chi connectivity index (χ2v) is 8.39. The molecule has 0 saturated heterocycles. The van der Waals surface area contributed by atoms with E-state index in [1.165, 1.54) is 27.8 Å². The molecule has 162 valence electrons. The molecule has 1 aliphatic carbocycles. The van der Waals surface area contributed by atoms with Crippen molar-refractivity contribution < 1.29 is 19.1 Å². The van der Waals surface area contributed by atoms with Gasteiger partial charge in [0.25, 0.3) is 0 Å². The van der Waals surface area contributed by atoms with Gasteiger partial charge in [0.1, 0.15) is 5.75 Å². The van der Waals surface area contributed by atoms with Crippen LogP contribution < -0.4 is 4.74 Å². The van der Waals surface area contributed by atoms with Crippen molar-refractivity contribution in [3.8, 4) is 16.9 Å². The van der Waals surface area contributed by atoms with Crippen molar-refractivity contribution in [1.29, 1.82) is 0 Å². The maximum Gasteiger partial charge on any atom is 0.338 e. The molecule has 0 heterocycles. The van der Waals surface area contributed by atoms with E-state index in [4.69, 9.17) is 9.47 Å². The number of fused-ring (bicyclic) bond motifs is 3. The Labute approximate surface area is 184 Å². The topological polar surface area (TPSA) is 52.6 Å². The quantitative estimate of drug-likeness (QED) is 0.230. The molecule has 2 aromatic rings. The van der Waals surface area contributed by atoms with Crippen molar-refractivity contribution in [1.82, 2.24) is 0 Å². The first-order valence-corrected chi connectivity index (χ1v) is 10.7. The Morgan fingerprint density at radius 1 is 0.968 bits per heavy atom. The van der Waals surface area contributed by atoms with Crippen LogP contribution in [0.5, 0.6) is 5.75 Å². The Bertz CT molecular complexity index is 1030. The second-order valence-electron chi connectivity index (χ2n) is 8.39. The van der Waals surface area contributed by atoms with Gasteiger partial charge in [0, 0.05) is 11.1 Å². The summed E-state index contributed by atoms with van der Waals surface area (Å²) >= 11 is 0. The lowest BCUT2D eigenvalue weighted by Crippen LogP contribution is -2.11. The average Bonchev–Trinajstić information content (AvgIpc) is 2.73. The summed E-state index contributed by atoms with van der Waals surface area (Å²) in [5.74, 6) is 0.222. The molecule has 1 aliphatic rings. The summed E-state index contributed by atoms with van der Waals surface area (Å²) in [6.07, 6.45) is 3.65. The summed E-state index contributed by atoms with van der Waals surface area (Å²) in [5.41, 5.74) is 7.10. The minimum absolute atomic E-state index is 0.321. The van der Waals surface area contributed by atoms with Crippen LogP contribution in [-0.2, 0) is 27.2 Å². The van der Waals surface area contributed by atoms with Gasteiger partial charge in [-0.2, -0.15) is 0 Å². The molecule has 0 aromatic heterocycles. The Hall–Kier alpha value is -3.14. The zero-order chi connectivity index (χ0) is 22.5. The number of aryl methyl sites for hydroxylation is 1. The monoisotopic (exact) mass is 418 g/mol. The number of carbonyl (C=O) groups is 2. The van der Waals surface area contributed by atoms with Crippen LogP contribution in [0.3, 0.4) is 0 Å². The minimum Gasteiger partial charge on any atom is -0.462 e. The van der Waals surface area contributed by atoms with Gasteiger partial charge >= 0.3 is 11.9 Å². The maximum absolute atomic E-state index is 11.8. The van der Waals surface area contributed by atoms with Crippen LogP contribution in [0.2, 0.25) is 0 Å². The minimum atomic E-state index is -0.400. The van der Waals surface area contributed by atoms with Crippen molar-refractivity contribution in [3.05, 3.63) is 77.4 Å². The molecular weight excluding hydrogens is 388 g/mol. The van der Waals surface area contributed by atoms with Crippen LogP contribution in [0.4, 0.5) is 0 Å². The summed E-state index contributed by atoms with van der Waals surface area (Å²) in [6, 6.07) is 12.5. The molecule has 3 rings (SSSR count). The van der Waals surface area contributed by atoms with Gasteiger partial charge in [0.05, 0.1) is 6.61 Å². The number of hydrogen-bond donors (Lipinski definition) is 0. The van der Waals surface area contributed by atoms with Crippen LogP contribution in [0.1, 0.15) is 56.2 Å². The van der Waals surface area contributed by atoms with Gasteiger partial charge in [0.2, 0.25) is 0 Å². The Morgan fingerprint density at radius 3 is 2.39 bits per heavy atom. The molecule has 0 radical (unpaired) electrons. The van der Waals surface area contributed by atoms with Crippen molar-refractivity contribution in [2.45, 2.75) is 52.4 Å². The first-order chi connectivity index (χ1) is 14.8. The fourth-order valence-electron chi connectivity index (χ4n) is 3.84. The molecule has 0 spiro atoms. The number of rotatable bonds is 8. The molecule has 0 amide bonds. The van der Waals surface area contributed by atoms with Crippen LogP contribution in [-0.4, -0.2) is 18.5 Å². The number of benzene rings is 2. The molecular formula is C27H30O4. The van der Waals surface area contributed by atoms with Gasteiger partial charge in [-0.3, -0.25) is 0 Å². The lowest BCUT2D eigenvalue weighted by atomic mass is 9.78. The van der Waals surface area contributed by atoms with Crippen LogP contribution in [0.15, 0.2) is 60.7 Å². The predicted octanol–water partition coefficient (Wildman–Crippen LogP) is 5.94. The first kappa shape index (κ1) is 22.5. The maximum atomic E-state index is 11.8. The molecule has 0 saturated carbocycles. The van der Waals surface area contributed by atoms with Crippen molar-refractivity contribution in [2.75, 3.05) is 6.61 Å². The standard InChI is InChI=1S/C27H30O4/c1-17(2)26(28)30-13-7-6-8-20-9-11-24-23-12-10-22(31-27(29)18(3)4)16-21(23)14-19(5)25(24)15-20/h9-12,15-16,19H,1,3,6-8,13-14H2,2,4-5H3. The molecule has 4 heteroatoms. The van der Waals surface area contributed by atoms with Gasteiger partial charge in [-0.15, -0.1) is 0 Å². The van der Waals surface area contributed by atoms with E-state index in [9.17, 15) is 9.59 Å². The normalized spacial score (nSPS) is 14.2. The number of carbonyl (C=O) groups excluding carboxylic acids is 2. The number of hydrogen-bond acceptors (Lipinski definition) is 4. The van der Waals surface area contributed by atoms with E-state index < -0.39 is 5.97 Å². The van der Waals surface area contributed by atoms with Crippen LogP contribution in [0.25, 0.3) is 11.1 Å². The van der Waals surface area contributed by atoms with Crippen molar-refractivity contribution in [3.63, 3.8) is 0 Å². The zero-order valence-electron chi connectivity index (χ0n) is 18.6. The third kappa shape index (κ3) is 5.52. The number of esters is 2. The van der Waals surface area contributed by atoms with Crippen LogP contribution in [0, 0.1) is 0 Å². The van der Waals surface area contributed by atoms with Crippen molar-refractivity contribution in [2.24, 2.45) is 0 Å². The SMILES string of the molecule is C=C(C)C(=O)OCCCCc1ccc2c(c1)C(C)Cc1cc(OC(=O)C(=C)C)ccc1-2. The number of ether oxygens (including phenoxy) is 2. The predicted molar refractivity (Wildman–Crippen MR) is 123 cm³/mol. The lowest BCUT2D eigenvalue weighted by Gasteiger charge is -2.26. The summed E-state index contributed by atoms with van der Waals surface area (Å²) in [5, 5.41) is 0. The second kappa shape index (κ2) is 9.78. The summed E-state index contributed by atoms with van der Waals surface area (Å²) in [4.78, 5) is 23.2. The molecule has 2 aromatic carbocycles. The van der Waals surface area contributed by atoms with E-state index in [-0.39, 0.29) is 5.97 Å². The molecule has 0 N–H and O–H groups in total. The highest BCUT2D eigenvalue weighted by atomic mass is 16.5. The Kier molecular flexibility index (Phi) is 7.11. The highest BCUT2D eigenvalue weighted by molar-refractivity contribution is 5.89. The van der Waals surface area contributed by atoms with E-state index in [0.717, 1.165) is 25.7 Å². The van der Waals surface area contributed by atoms with E-state index in [0.29, 0.717) is 29.4 Å². The fraction of sp³-hybridized carbons (Fsp3) is 0.333. The lowest BCUT2D eigenvalue weighted by molar-refractivity contribution is -0.139. The molecule has 0 aliphatic heterocycles. The van der Waals surface area contributed by atoms with Gasteiger partial charge < -0.3 is 9.47 Å². The smallest absolute Gasteiger partial charge is 0.338 e. The Balaban J connectivity index is 1.67. The molecule has 31 heavy (non-hydrogen) atoms. The van der Waals surface area contributed by atoms with Gasteiger partial charge in [-0.1, -0.05) is 44.3 Å². The summed E-state index contributed by atoms with van der Waals surface area (Å²) in [6.45, 7) is 13.2. The molecule has 1 unspecified atom stereocenters. The third-order valence-corrected chi connectivity index (χ3v) is 5.54. The highest BCUT2D eigenvalue weighted by Crippen LogP contribution is 2.41. The highest BCUT2D eigenvalue weighted by Gasteiger charge is 2.23. The van der Waals surface area contributed by atoms with Crippen LogP contribution >= 0.6 is 0 Å². The first-order valence-electron chi connectivity index (χ1n) is 10.7. The van der Waals surface area contributed by atoms with Gasteiger partial charge in [0.15, 0.2) is 0 Å². The fourth-order valence-corrected chi connectivity index (χ4v) is 3.84. The average molecular weight is 419 g/mol. The van der Waals surface area contributed by atoms with Gasteiger partial charge in [-0.25, -0.2) is 9.59 Å². The van der Waals surface area contributed by atoms with E-state index in [2.05, 4.69) is 38.3 Å².